The SMILES string of the molecule is O=C(OC[C@H]1OC[C@@H](F)[C@@H]1OC(=O)c1ccc(Cl)cc1Cl)c1ccc(Cl)cc1Cl. The van der Waals surface area contributed by atoms with Crippen LogP contribution < -0.4 is 0 Å². The van der Waals surface area contributed by atoms with E-state index in [4.69, 9.17) is 60.6 Å². The van der Waals surface area contributed by atoms with Gasteiger partial charge in [0, 0.05) is 10.0 Å². The summed E-state index contributed by atoms with van der Waals surface area (Å²) in [6, 6.07) is 8.47. The Morgan fingerprint density at radius 1 is 0.966 bits per heavy atom. The molecule has 2 aromatic rings. The predicted molar refractivity (Wildman–Crippen MR) is 107 cm³/mol. The molecule has 0 bridgehead atoms. The summed E-state index contributed by atoms with van der Waals surface area (Å²) in [7, 11) is 0. The van der Waals surface area contributed by atoms with Crippen molar-refractivity contribution in [3.63, 3.8) is 0 Å². The maximum absolute atomic E-state index is 14.2. The Hall–Kier alpha value is -1.57. The maximum Gasteiger partial charge on any atom is 0.340 e. The monoisotopic (exact) mass is 480 g/mol. The molecule has 10 heteroatoms. The molecule has 3 rings (SSSR count). The molecule has 0 saturated carbocycles. The highest BCUT2D eigenvalue weighted by atomic mass is 35.5. The van der Waals surface area contributed by atoms with E-state index in [1.54, 1.807) is 0 Å². The summed E-state index contributed by atoms with van der Waals surface area (Å²) >= 11 is 23.5. The number of ether oxygens (including phenoxy) is 3. The van der Waals surface area contributed by atoms with E-state index in [0.717, 1.165) is 0 Å². The highest BCUT2D eigenvalue weighted by Gasteiger charge is 2.42. The van der Waals surface area contributed by atoms with Crippen molar-refractivity contribution in [2.24, 2.45) is 0 Å². The summed E-state index contributed by atoms with van der Waals surface area (Å²) in [5, 5.41) is 0.874. The summed E-state index contributed by atoms with van der Waals surface area (Å²) in [6.07, 6.45) is -3.86. The van der Waals surface area contributed by atoms with Gasteiger partial charge in [-0.2, -0.15) is 0 Å². The number of benzene rings is 2. The molecular formula is C19H13Cl4FO5. The quantitative estimate of drug-likeness (QED) is 0.533. The average Bonchev–Trinajstić information content (AvgIpc) is 2.99. The third kappa shape index (κ3) is 5.32. The van der Waals surface area contributed by atoms with Crippen LogP contribution in [0.25, 0.3) is 0 Å². The first-order valence-corrected chi connectivity index (χ1v) is 9.81. The second-order valence-electron chi connectivity index (χ2n) is 6.10. The number of halogens is 5. The van der Waals surface area contributed by atoms with Crippen molar-refractivity contribution >= 4 is 58.3 Å². The molecule has 0 aromatic heterocycles. The average molecular weight is 482 g/mol. The summed E-state index contributed by atoms with van der Waals surface area (Å²) in [6.45, 7) is -0.652. The van der Waals surface area contributed by atoms with Crippen LogP contribution in [-0.4, -0.2) is 43.5 Å². The molecule has 1 heterocycles. The lowest BCUT2D eigenvalue weighted by atomic mass is 10.1. The first kappa shape index (κ1) is 22.1. The van der Waals surface area contributed by atoms with Crippen LogP contribution in [0.15, 0.2) is 36.4 Å². The lowest BCUT2D eigenvalue weighted by molar-refractivity contribution is -0.0326. The topological polar surface area (TPSA) is 61.8 Å². The number of esters is 2. The summed E-state index contributed by atoms with van der Waals surface area (Å²) in [5.74, 6) is -1.59. The summed E-state index contributed by atoms with van der Waals surface area (Å²) in [5.41, 5.74) is 0.117. The zero-order valence-corrected chi connectivity index (χ0v) is 17.6. The number of alkyl halides is 1. The van der Waals surface area contributed by atoms with Crippen molar-refractivity contribution in [2.45, 2.75) is 18.4 Å². The van der Waals surface area contributed by atoms with E-state index in [1.807, 2.05) is 0 Å². The minimum Gasteiger partial charge on any atom is -0.459 e. The van der Waals surface area contributed by atoms with E-state index in [9.17, 15) is 14.0 Å². The van der Waals surface area contributed by atoms with Gasteiger partial charge in [0.25, 0.3) is 0 Å². The van der Waals surface area contributed by atoms with E-state index in [-0.39, 0.29) is 34.4 Å². The van der Waals surface area contributed by atoms with Gasteiger partial charge in [-0.05, 0) is 36.4 Å². The molecule has 29 heavy (non-hydrogen) atoms. The highest BCUT2D eigenvalue weighted by molar-refractivity contribution is 6.37. The fourth-order valence-corrected chi connectivity index (χ4v) is 3.63. The number of hydrogen-bond donors (Lipinski definition) is 0. The van der Waals surface area contributed by atoms with Gasteiger partial charge in [-0.3, -0.25) is 0 Å². The molecule has 0 aliphatic carbocycles. The van der Waals surface area contributed by atoms with Crippen LogP contribution in [0.5, 0.6) is 0 Å². The van der Waals surface area contributed by atoms with Crippen LogP contribution in [0.1, 0.15) is 20.7 Å². The van der Waals surface area contributed by atoms with Gasteiger partial charge in [0.15, 0.2) is 12.3 Å². The van der Waals surface area contributed by atoms with Crippen LogP contribution >= 0.6 is 46.4 Å². The van der Waals surface area contributed by atoms with E-state index < -0.39 is 30.3 Å². The van der Waals surface area contributed by atoms with Crippen molar-refractivity contribution in [2.75, 3.05) is 13.2 Å². The van der Waals surface area contributed by atoms with Gasteiger partial charge in [-0.15, -0.1) is 0 Å². The summed E-state index contributed by atoms with van der Waals surface area (Å²) in [4.78, 5) is 24.6. The molecule has 154 valence electrons. The largest absolute Gasteiger partial charge is 0.459 e. The maximum atomic E-state index is 14.2. The van der Waals surface area contributed by atoms with E-state index in [2.05, 4.69) is 0 Å². The fraction of sp³-hybridized carbons (Fsp3) is 0.263. The van der Waals surface area contributed by atoms with Gasteiger partial charge in [-0.25, -0.2) is 14.0 Å². The van der Waals surface area contributed by atoms with E-state index >= 15 is 0 Å². The fourth-order valence-electron chi connectivity index (χ4n) is 2.66. The number of carbonyl (C=O) groups excluding carboxylic acids is 2. The van der Waals surface area contributed by atoms with Crippen molar-refractivity contribution in [1.82, 2.24) is 0 Å². The van der Waals surface area contributed by atoms with Crippen LogP contribution in [0, 0.1) is 0 Å². The van der Waals surface area contributed by atoms with Crippen LogP contribution in [-0.2, 0) is 14.2 Å². The van der Waals surface area contributed by atoms with Crippen molar-refractivity contribution in [1.29, 1.82) is 0 Å². The Balaban J connectivity index is 1.64. The third-order valence-corrected chi connectivity index (χ3v) is 5.21. The normalized spacial score (nSPS) is 21.1. The zero-order valence-electron chi connectivity index (χ0n) is 14.5. The van der Waals surface area contributed by atoms with Gasteiger partial charge in [0.2, 0.25) is 0 Å². The number of carbonyl (C=O) groups is 2. The second kappa shape index (κ2) is 9.49. The highest BCUT2D eigenvalue weighted by Crippen LogP contribution is 2.27. The van der Waals surface area contributed by atoms with Gasteiger partial charge >= 0.3 is 11.9 Å². The van der Waals surface area contributed by atoms with Gasteiger partial charge in [0.1, 0.15) is 12.7 Å². The molecule has 3 atom stereocenters. The lowest BCUT2D eigenvalue weighted by Crippen LogP contribution is -2.36. The Morgan fingerprint density at radius 2 is 1.52 bits per heavy atom. The molecule has 1 aliphatic heterocycles. The number of hydrogen-bond acceptors (Lipinski definition) is 5. The van der Waals surface area contributed by atoms with Gasteiger partial charge in [-0.1, -0.05) is 46.4 Å². The van der Waals surface area contributed by atoms with Crippen molar-refractivity contribution in [3.8, 4) is 0 Å². The van der Waals surface area contributed by atoms with Crippen LogP contribution in [0.3, 0.4) is 0 Å². The molecule has 1 fully saturated rings. The molecule has 0 radical (unpaired) electrons. The molecule has 0 spiro atoms. The molecule has 0 unspecified atom stereocenters. The lowest BCUT2D eigenvalue weighted by Gasteiger charge is -2.20. The smallest absolute Gasteiger partial charge is 0.340 e. The van der Waals surface area contributed by atoms with E-state index in [1.165, 1.54) is 36.4 Å². The van der Waals surface area contributed by atoms with Crippen LogP contribution in [0.2, 0.25) is 20.1 Å². The second-order valence-corrected chi connectivity index (χ2v) is 7.79. The van der Waals surface area contributed by atoms with E-state index in [0.29, 0.717) is 10.0 Å². The minimum absolute atomic E-state index is 0.0267. The third-order valence-electron chi connectivity index (χ3n) is 4.12. The molecule has 5 nitrogen and oxygen atoms in total. The van der Waals surface area contributed by atoms with Gasteiger partial charge in [0.05, 0.1) is 27.8 Å². The van der Waals surface area contributed by atoms with Crippen LogP contribution in [0.4, 0.5) is 4.39 Å². The molecular weight excluding hydrogens is 469 g/mol. The Kier molecular flexibility index (Phi) is 7.24. The first-order chi connectivity index (χ1) is 13.8. The number of rotatable bonds is 5. The summed E-state index contributed by atoms with van der Waals surface area (Å²) < 4.78 is 29.8. The zero-order chi connectivity index (χ0) is 21.1. The Bertz CT molecular complexity index is 939. The Morgan fingerprint density at radius 3 is 2.07 bits per heavy atom. The molecule has 2 aromatic carbocycles. The Labute approximate surface area is 185 Å². The van der Waals surface area contributed by atoms with Crippen molar-refractivity contribution < 1.29 is 28.2 Å². The molecule has 1 saturated heterocycles. The molecule has 0 amide bonds. The predicted octanol–water partition coefficient (Wildman–Crippen LogP) is 5.42. The first-order valence-electron chi connectivity index (χ1n) is 8.30. The standard InChI is InChI=1S/C19H13Cl4FO5/c20-9-1-3-11(13(22)5-9)18(25)28-8-16-17(15(24)7-27-16)29-19(26)12-4-2-10(21)6-14(12)23/h1-6,15-17H,7-8H2/t15-,16-,17+/m1/s1. The molecule has 1 aliphatic rings. The molecule has 0 N–H and O–H groups in total. The van der Waals surface area contributed by atoms with Crippen molar-refractivity contribution in [3.05, 3.63) is 67.6 Å². The minimum atomic E-state index is -1.59. The van der Waals surface area contributed by atoms with Gasteiger partial charge < -0.3 is 14.2 Å².